The summed E-state index contributed by atoms with van der Waals surface area (Å²) in [5.74, 6) is 0.0760. The van der Waals surface area contributed by atoms with Crippen molar-refractivity contribution in [2.24, 2.45) is 0 Å². The molecule has 0 bridgehead atoms. The maximum absolute atomic E-state index is 11.7. The molecule has 1 amide bonds. The summed E-state index contributed by atoms with van der Waals surface area (Å²) < 4.78 is 1.07. The van der Waals surface area contributed by atoms with Crippen molar-refractivity contribution in [3.63, 3.8) is 0 Å². The molecule has 0 aliphatic rings. The van der Waals surface area contributed by atoms with E-state index in [4.69, 9.17) is 0 Å². The van der Waals surface area contributed by atoms with Crippen molar-refractivity contribution < 1.29 is 4.79 Å². The van der Waals surface area contributed by atoms with E-state index in [2.05, 4.69) is 33.4 Å². The summed E-state index contributed by atoms with van der Waals surface area (Å²) in [6.07, 6.45) is 0. The van der Waals surface area contributed by atoms with Crippen LogP contribution in [0.4, 0.5) is 0 Å². The van der Waals surface area contributed by atoms with Gasteiger partial charge in [-0.1, -0.05) is 28.1 Å². The summed E-state index contributed by atoms with van der Waals surface area (Å²) in [7, 11) is 1.96. The Balaban J connectivity index is 2.56. The van der Waals surface area contributed by atoms with E-state index in [1.165, 1.54) is 5.56 Å². The molecule has 0 fully saturated rings. The normalized spacial score (nSPS) is 12.5. The molecule has 0 aromatic heterocycles. The Labute approximate surface area is 111 Å². The fourth-order valence-corrected chi connectivity index (χ4v) is 1.80. The fourth-order valence-electron chi connectivity index (χ4n) is 1.54. The lowest BCUT2D eigenvalue weighted by atomic mass is 10.2. The van der Waals surface area contributed by atoms with E-state index >= 15 is 0 Å². The van der Waals surface area contributed by atoms with Gasteiger partial charge < -0.3 is 5.32 Å². The van der Waals surface area contributed by atoms with Crippen molar-refractivity contribution in [2.75, 3.05) is 13.6 Å². The van der Waals surface area contributed by atoms with Crippen LogP contribution in [0.1, 0.15) is 19.4 Å². The standard InChI is InChI=1S/C13H19BrN2O/c1-4-15-13(17)10(2)16(3)9-11-5-7-12(14)8-6-11/h5-8,10H,4,9H2,1-3H3,(H,15,17)/t10-/m1/s1. The number of rotatable bonds is 5. The molecular formula is C13H19BrN2O. The fraction of sp³-hybridized carbons (Fsp3) is 0.462. The lowest BCUT2D eigenvalue weighted by Gasteiger charge is -2.23. The van der Waals surface area contributed by atoms with Crippen molar-refractivity contribution in [1.82, 2.24) is 10.2 Å². The number of hydrogen-bond donors (Lipinski definition) is 1. The Morgan fingerprint density at radius 2 is 2.00 bits per heavy atom. The van der Waals surface area contributed by atoms with Crippen LogP contribution < -0.4 is 5.32 Å². The molecule has 0 saturated carbocycles. The molecular weight excluding hydrogens is 280 g/mol. The summed E-state index contributed by atoms with van der Waals surface area (Å²) in [6.45, 7) is 5.30. The van der Waals surface area contributed by atoms with Gasteiger partial charge in [0.05, 0.1) is 6.04 Å². The van der Waals surface area contributed by atoms with E-state index < -0.39 is 0 Å². The molecule has 0 saturated heterocycles. The number of carbonyl (C=O) groups is 1. The minimum absolute atomic E-state index is 0.0760. The highest BCUT2D eigenvalue weighted by Crippen LogP contribution is 2.12. The number of halogens is 1. The summed E-state index contributed by atoms with van der Waals surface area (Å²) in [6, 6.07) is 8.04. The van der Waals surface area contributed by atoms with E-state index in [1.54, 1.807) is 0 Å². The molecule has 0 aliphatic carbocycles. The zero-order valence-electron chi connectivity index (χ0n) is 10.5. The van der Waals surface area contributed by atoms with Crippen LogP contribution in [-0.4, -0.2) is 30.4 Å². The Morgan fingerprint density at radius 3 is 2.53 bits per heavy atom. The molecule has 0 unspecified atom stereocenters. The Kier molecular flexibility index (Phi) is 5.65. The third kappa shape index (κ3) is 4.48. The second kappa shape index (κ2) is 6.77. The minimum atomic E-state index is -0.112. The average molecular weight is 299 g/mol. The van der Waals surface area contributed by atoms with Gasteiger partial charge in [-0.15, -0.1) is 0 Å². The van der Waals surface area contributed by atoms with Crippen molar-refractivity contribution >= 4 is 21.8 Å². The van der Waals surface area contributed by atoms with E-state index in [1.807, 2.05) is 37.9 Å². The average Bonchev–Trinajstić information content (AvgIpc) is 2.31. The maximum atomic E-state index is 11.7. The van der Waals surface area contributed by atoms with Crippen LogP contribution in [0, 0.1) is 0 Å². The molecule has 1 rings (SSSR count). The zero-order chi connectivity index (χ0) is 12.8. The van der Waals surface area contributed by atoms with Crippen molar-refractivity contribution in [3.05, 3.63) is 34.3 Å². The van der Waals surface area contributed by atoms with E-state index in [0.717, 1.165) is 11.0 Å². The molecule has 4 heteroatoms. The highest BCUT2D eigenvalue weighted by molar-refractivity contribution is 9.10. The summed E-state index contributed by atoms with van der Waals surface area (Å²) in [5, 5.41) is 2.83. The van der Waals surface area contributed by atoms with Crippen LogP contribution in [0.15, 0.2) is 28.7 Å². The van der Waals surface area contributed by atoms with Gasteiger partial charge in [0.1, 0.15) is 0 Å². The molecule has 1 aromatic carbocycles. The van der Waals surface area contributed by atoms with E-state index in [9.17, 15) is 4.79 Å². The van der Waals surface area contributed by atoms with Crippen molar-refractivity contribution in [2.45, 2.75) is 26.4 Å². The monoisotopic (exact) mass is 298 g/mol. The first-order valence-electron chi connectivity index (χ1n) is 5.77. The first kappa shape index (κ1) is 14.2. The van der Waals surface area contributed by atoms with E-state index in [0.29, 0.717) is 6.54 Å². The molecule has 0 spiro atoms. The predicted molar refractivity (Wildman–Crippen MR) is 73.8 cm³/mol. The van der Waals surface area contributed by atoms with Crippen LogP contribution in [-0.2, 0) is 11.3 Å². The number of likely N-dealkylation sites (N-methyl/N-ethyl adjacent to an activating group) is 2. The zero-order valence-corrected chi connectivity index (χ0v) is 12.1. The second-order valence-corrected chi connectivity index (χ2v) is 5.03. The lowest BCUT2D eigenvalue weighted by molar-refractivity contribution is -0.125. The molecule has 94 valence electrons. The van der Waals surface area contributed by atoms with Crippen molar-refractivity contribution in [3.8, 4) is 0 Å². The van der Waals surface area contributed by atoms with Crippen molar-refractivity contribution in [1.29, 1.82) is 0 Å². The van der Waals surface area contributed by atoms with Gasteiger partial charge >= 0.3 is 0 Å². The molecule has 0 radical (unpaired) electrons. The molecule has 0 aliphatic heterocycles. The van der Waals surface area contributed by atoms with Gasteiger partial charge in [0.15, 0.2) is 0 Å². The van der Waals surface area contributed by atoms with Crippen LogP contribution in [0.25, 0.3) is 0 Å². The van der Waals surface area contributed by atoms with E-state index in [-0.39, 0.29) is 11.9 Å². The maximum Gasteiger partial charge on any atom is 0.237 e. The SMILES string of the molecule is CCNC(=O)[C@@H](C)N(C)Cc1ccc(Br)cc1. The first-order valence-corrected chi connectivity index (χ1v) is 6.56. The topological polar surface area (TPSA) is 32.3 Å². The smallest absolute Gasteiger partial charge is 0.237 e. The van der Waals surface area contributed by atoms with Gasteiger partial charge in [-0.25, -0.2) is 0 Å². The molecule has 1 atom stereocenters. The summed E-state index contributed by atoms with van der Waals surface area (Å²) >= 11 is 3.41. The molecule has 1 N–H and O–H groups in total. The molecule has 1 aromatic rings. The number of nitrogens with one attached hydrogen (secondary N) is 1. The third-order valence-electron chi connectivity index (χ3n) is 2.74. The Bertz CT molecular complexity index is 364. The third-order valence-corrected chi connectivity index (χ3v) is 3.27. The lowest BCUT2D eigenvalue weighted by Crippen LogP contribution is -2.42. The van der Waals surface area contributed by atoms with Crippen LogP contribution >= 0.6 is 15.9 Å². The molecule has 3 nitrogen and oxygen atoms in total. The summed E-state index contributed by atoms with van der Waals surface area (Å²) in [5.41, 5.74) is 1.20. The quantitative estimate of drug-likeness (QED) is 0.905. The first-order chi connectivity index (χ1) is 8.04. The van der Waals surface area contributed by atoms with Gasteiger partial charge in [0.25, 0.3) is 0 Å². The number of carbonyl (C=O) groups excluding carboxylic acids is 1. The van der Waals surface area contributed by atoms with Gasteiger partial charge in [-0.05, 0) is 38.6 Å². The second-order valence-electron chi connectivity index (χ2n) is 4.11. The van der Waals surface area contributed by atoms with Gasteiger partial charge in [-0.3, -0.25) is 9.69 Å². The van der Waals surface area contributed by atoms with Gasteiger partial charge in [0, 0.05) is 17.6 Å². The number of hydrogen-bond acceptors (Lipinski definition) is 2. The Morgan fingerprint density at radius 1 is 1.41 bits per heavy atom. The van der Waals surface area contributed by atoms with Gasteiger partial charge in [-0.2, -0.15) is 0 Å². The largest absolute Gasteiger partial charge is 0.355 e. The molecule has 0 heterocycles. The van der Waals surface area contributed by atoms with Gasteiger partial charge in [0.2, 0.25) is 5.91 Å². The minimum Gasteiger partial charge on any atom is -0.355 e. The number of amides is 1. The molecule has 17 heavy (non-hydrogen) atoms. The number of benzene rings is 1. The summed E-state index contributed by atoms with van der Waals surface area (Å²) in [4.78, 5) is 13.7. The van der Waals surface area contributed by atoms with Crippen LogP contribution in [0.5, 0.6) is 0 Å². The van der Waals surface area contributed by atoms with Crippen LogP contribution in [0.3, 0.4) is 0 Å². The predicted octanol–water partition coefficient (Wildman–Crippen LogP) is 2.41. The Hall–Kier alpha value is -0.870. The highest BCUT2D eigenvalue weighted by Gasteiger charge is 2.16. The highest BCUT2D eigenvalue weighted by atomic mass is 79.9. The van der Waals surface area contributed by atoms with Crippen LogP contribution in [0.2, 0.25) is 0 Å². The number of nitrogens with zero attached hydrogens (tertiary/aromatic N) is 1.